The summed E-state index contributed by atoms with van der Waals surface area (Å²) in [6, 6.07) is 3.39. The van der Waals surface area contributed by atoms with E-state index in [4.69, 9.17) is 90.4 Å². The van der Waals surface area contributed by atoms with Crippen LogP contribution in [0.3, 0.4) is 0 Å². The highest BCUT2D eigenvalue weighted by molar-refractivity contribution is 9.26. The second kappa shape index (κ2) is 15.4. The summed E-state index contributed by atoms with van der Waals surface area (Å²) >= 11 is 54.4. The number of benzene rings is 1. The highest BCUT2D eigenvalue weighted by atomic mass is 79.9. The van der Waals surface area contributed by atoms with Crippen LogP contribution in [0.1, 0.15) is 52.1 Å². The zero-order valence-corrected chi connectivity index (χ0v) is 28.3. The van der Waals surface area contributed by atoms with Gasteiger partial charge in [-0.2, -0.15) is 0 Å². The minimum atomic E-state index is -4.82. The normalized spacial score (nSPS) is 17.2. The highest BCUT2D eigenvalue weighted by Gasteiger charge is 2.51. The van der Waals surface area contributed by atoms with Crippen LogP contribution in [0.2, 0.25) is 0 Å². The van der Waals surface area contributed by atoms with E-state index in [9.17, 15) is 14.4 Å². The fourth-order valence-corrected chi connectivity index (χ4v) is 6.51. The lowest BCUT2D eigenvalue weighted by molar-refractivity contribution is 0.0547. The summed E-state index contributed by atoms with van der Waals surface area (Å²) < 4.78 is 7.57. The van der Waals surface area contributed by atoms with E-state index >= 15 is 0 Å². The van der Waals surface area contributed by atoms with Crippen LogP contribution in [-0.2, 0) is 4.43 Å². The van der Waals surface area contributed by atoms with Gasteiger partial charge in [0.15, 0.2) is 3.23 Å². The van der Waals surface area contributed by atoms with E-state index in [1.807, 2.05) is 0 Å². The van der Waals surface area contributed by atoms with E-state index in [2.05, 4.69) is 47.8 Å². The molecule has 0 spiro atoms. The van der Waals surface area contributed by atoms with Crippen molar-refractivity contribution in [3.63, 3.8) is 0 Å². The van der Waals surface area contributed by atoms with Crippen LogP contribution in [0.5, 0.6) is 5.75 Å². The Balaban J connectivity index is 3.62. The number of halogens is 10. The maximum atomic E-state index is 9.20. The first-order valence-electron chi connectivity index (χ1n) is 9.64. The SMILES string of the molecule is O[Si](O)(O)OCC(Br)(Br)C(Cl)(Br)Oc1ccc(C(Cl)CCCl)c(C(Cl)CCCl)c1C(Cl)CCCl. The molecule has 0 saturated carbocycles. The molecule has 0 aliphatic heterocycles. The number of rotatable bonds is 15. The summed E-state index contributed by atoms with van der Waals surface area (Å²) in [4.78, 5) is 27.6. The summed E-state index contributed by atoms with van der Waals surface area (Å²) in [5, 5.41) is -1.62. The van der Waals surface area contributed by atoms with Crippen molar-refractivity contribution in [3.05, 3.63) is 28.8 Å². The smallest absolute Gasteiger partial charge is 0.459 e. The zero-order chi connectivity index (χ0) is 26.3. The van der Waals surface area contributed by atoms with Crippen molar-refractivity contribution in [2.24, 2.45) is 0 Å². The number of hydrogen-bond acceptors (Lipinski definition) is 5. The molecule has 4 atom stereocenters. The van der Waals surface area contributed by atoms with Crippen LogP contribution in [0, 0.1) is 0 Å². The predicted molar refractivity (Wildman–Crippen MR) is 155 cm³/mol. The maximum Gasteiger partial charge on any atom is 0.671 e. The van der Waals surface area contributed by atoms with E-state index in [0.29, 0.717) is 42.1 Å². The molecule has 0 aromatic heterocycles. The van der Waals surface area contributed by atoms with Crippen molar-refractivity contribution < 1.29 is 23.5 Å². The van der Waals surface area contributed by atoms with Gasteiger partial charge in [-0.1, -0.05) is 49.5 Å². The first kappa shape index (κ1) is 34.6. The molecule has 0 aliphatic carbocycles. The second-order valence-electron chi connectivity index (χ2n) is 7.00. The summed E-state index contributed by atoms with van der Waals surface area (Å²) in [6.45, 7) is -0.506. The van der Waals surface area contributed by atoms with E-state index in [1.54, 1.807) is 12.1 Å². The molecular weight excluding hydrogens is 812 g/mol. The monoisotopic (exact) mass is 828 g/mol. The third-order valence-electron chi connectivity index (χ3n) is 4.44. The number of ether oxygens (including phenoxy) is 1. The maximum absolute atomic E-state index is 9.20. The number of alkyl halides is 10. The topological polar surface area (TPSA) is 79.2 Å². The summed E-state index contributed by atoms with van der Waals surface area (Å²) in [5.41, 5.74) is 1.91. The van der Waals surface area contributed by atoms with Gasteiger partial charge in [-0.3, -0.25) is 0 Å². The van der Waals surface area contributed by atoms with Crippen molar-refractivity contribution in [1.29, 1.82) is 0 Å². The molecule has 0 heterocycles. The largest absolute Gasteiger partial charge is 0.671 e. The van der Waals surface area contributed by atoms with Crippen molar-refractivity contribution in [3.8, 4) is 5.75 Å². The molecule has 4 unspecified atom stereocenters. The van der Waals surface area contributed by atoms with Crippen molar-refractivity contribution in [2.45, 2.75) is 42.6 Å². The minimum Gasteiger partial charge on any atom is -0.459 e. The molecular formula is C18H22Br3Cl7O5Si. The van der Waals surface area contributed by atoms with Crippen molar-refractivity contribution >= 4 is 138 Å². The van der Waals surface area contributed by atoms with Crippen LogP contribution in [0.25, 0.3) is 0 Å². The average Bonchev–Trinajstić information content (AvgIpc) is 2.71. The molecule has 198 valence electrons. The molecule has 1 rings (SSSR count). The third kappa shape index (κ3) is 10.3. The molecule has 3 N–H and O–H groups in total. The van der Waals surface area contributed by atoms with Crippen molar-refractivity contribution in [1.82, 2.24) is 0 Å². The van der Waals surface area contributed by atoms with Gasteiger partial charge in [0, 0.05) is 23.2 Å². The van der Waals surface area contributed by atoms with Crippen molar-refractivity contribution in [2.75, 3.05) is 24.2 Å². The minimum absolute atomic E-state index is 0.259. The highest BCUT2D eigenvalue weighted by Crippen LogP contribution is 2.52. The van der Waals surface area contributed by atoms with Gasteiger partial charge in [0.05, 0.1) is 22.7 Å². The Morgan fingerprint density at radius 1 is 0.824 bits per heavy atom. The van der Waals surface area contributed by atoms with Crippen LogP contribution in [0.4, 0.5) is 0 Å². The van der Waals surface area contributed by atoms with Gasteiger partial charge < -0.3 is 23.5 Å². The summed E-state index contributed by atoms with van der Waals surface area (Å²) in [7, 11) is -4.82. The van der Waals surface area contributed by atoms with Crippen LogP contribution < -0.4 is 4.74 Å². The zero-order valence-electron chi connectivity index (χ0n) is 17.3. The van der Waals surface area contributed by atoms with Crippen LogP contribution >= 0.6 is 129 Å². The van der Waals surface area contributed by atoms with Gasteiger partial charge in [-0.15, -0.1) is 69.6 Å². The third-order valence-corrected chi connectivity index (χ3v) is 11.3. The quantitative estimate of drug-likeness (QED) is 0.124. The van der Waals surface area contributed by atoms with Crippen LogP contribution in [0.15, 0.2) is 12.1 Å². The summed E-state index contributed by atoms with van der Waals surface area (Å²) in [6.07, 6.45) is 1.29. The molecule has 34 heavy (non-hydrogen) atoms. The van der Waals surface area contributed by atoms with Crippen LogP contribution in [-0.4, -0.2) is 54.9 Å². The Hall–Kier alpha value is 2.55. The molecule has 0 saturated heterocycles. The van der Waals surface area contributed by atoms with Gasteiger partial charge in [0.25, 0.3) is 3.97 Å². The summed E-state index contributed by atoms with van der Waals surface area (Å²) in [5.74, 6) is 1.15. The standard InChI is InChI=1S/C18H22Br3Cl7O5Si/c19-17(20,9-32-34(29,30)31)18(21,28)33-14-2-1-10(11(25)3-6-22)15(12(26)4-7-23)16(14)13(27)5-8-24/h1-2,11-13,29-31H,3-9H2. The van der Waals surface area contributed by atoms with E-state index < -0.39 is 39.0 Å². The first-order chi connectivity index (χ1) is 15.6. The molecule has 1 aromatic rings. The Morgan fingerprint density at radius 2 is 1.29 bits per heavy atom. The second-order valence-corrected chi connectivity index (χ2v) is 17.0. The van der Waals surface area contributed by atoms with Gasteiger partial charge in [-0.05, 0) is 52.4 Å². The lowest BCUT2D eigenvalue weighted by atomic mass is 9.90. The van der Waals surface area contributed by atoms with Gasteiger partial charge >= 0.3 is 9.05 Å². The van der Waals surface area contributed by atoms with E-state index in [1.165, 1.54) is 0 Å². The molecule has 0 bridgehead atoms. The average molecular weight is 834 g/mol. The lowest BCUT2D eigenvalue weighted by Crippen LogP contribution is -2.49. The fourth-order valence-electron chi connectivity index (χ4n) is 2.88. The van der Waals surface area contributed by atoms with Gasteiger partial charge in [-0.25, -0.2) is 0 Å². The molecule has 16 heteroatoms. The Kier molecular flexibility index (Phi) is 15.6. The molecule has 0 amide bonds. The number of hydrogen-bond donors (Lipinski definition) is 3. The predicted octanol–water partition coefficient (Wildman–Crippen LogP) is 7.99. The Labute approximate surface area is 260 Å². The molecule has 0 radical (unpaired) electrons. The fraction of sp³-hybridized carbons (Fsp3) is 0.667. The first-order valence-corrected chi connectivity index (χ1v) is 17.1. The molecule has 1 aromatic carbocycles. The lowest BCUT2D eigenvalue weighted by Gasteiger charge is -2.36. The Morgan fingerprint density at radius 3 is 1.76 bits per heavy atom. The molecule has 0 fully saturated rings. The van der Waals surface area contributed by atoms with E-state index in [0.717, 1.165) is 5.56 Å². The van der Waals surface area contributed by atoms with Gasteiger partial charge in [0.1, 0.15) is 5.75 Å². The molecule has 0 aliphatic rings. The molecule has 5 nitrogen and oxygen atoms in total. The Bertz CT molecular complexity index is 789. The van der Waals surface area contributed by atoms with Gasteiger partial charge in [0.2, 0.25) is 0 Å². The van der Waals surface area contributed by atoms with E-state index in [-0.39, 0.29) is 11.6 Å².